The molecular weight excluding hydrogens is 472 g/mol. The van der Waals surface area contributed by atoms with E-state index in [0.29, 0.717) is 35.3 Å². The second-order valence-corrected chi connectivity index (χ2v) is 12.4. The van der Waals surface area contributed by atoms with Gasteiger partial charge in [-0.2, -0.15) is 4.31 Å². The first kappa shape index (κ1) is 24.8. The van der Waals surface area contributed by atoms with Gasteiger partial charge in [0.2, 0.25) is 10.0 Å². The van der Waals surface area contributed by atoms with Crippen molar-refractivity contribution in [2.24, 2.45) is 0 Å². The van der Waals surface area contributed by atoms with Crippen LogP contribution in [0.4, 0.5) is 5.00 Å². The SMILES string of the molecule is CC(C)N1CCc2c(sc(NC(=O)c3ccc(S(=O)(=O)N4CCCC4)cc3)c2C(=O)N(C)C)C1. The second-order valence-electron chi connectivity index (χ2n) is 9.31. The second kappa shape index (κ2) is 9.77. The molecule has 34 heavy (non-hydrogen) atoms. The van der Waals surface area contributed by atoms with Gasteiger partial charge in [-0.3, -0.25) is 14.5 Å². The number of anilines is 1. The molecule has 184 valence electrons. The Labute approximate surface area is 205 Å². The number of fused-ring (bicyclic) bond motifs is 1. The molecule has 0 bridgehead atoms. The lowest BCUT2D eigenvalue weighted by Crippen LogP contribution is -2.36. The number of thiophene rings is 1. The molecule has 0 aliphatic carbocycles. The van der Waals surface area contributed by atoms with Crippen LogP contribution in [0.25, 0.3) is 0 Å². The molecule has 0 spiro atoms. The van der Waals surface area contributed by atoms with Gasteiger partial charge in [0.15, 0.2) is 0 Å². The largest absolute Gasteiger partial charge is 0.345 e. The highest BCUT2D eigenvalue weighted by atomic mass is 32.2. The van der Waals surface area contributed by atoms with Gasteiger partial charge in [-0.1, -0.05) is 0 Å². The Morgan fingerprint density at radius 1 is 1.06 bits per heavy atom. The molecule has 0 atom stereocenters. The van der Waals surface area contributed by atoms with Crippen molar-refractivity contribution in [2.75, 3.05) is 39.0 Å². The number of hydrogen-bond donors (Lipinski definition) is 1. The summed E-state index contributed by atoms with van der Waals surface area (Å²) in [7, 11) is -0.115. The highest BCUT2D eigenvalue weighted by Crippen LogP contribution is 2.38. The molecule has 10 heteroatoms. The molecule has 2 aliphatic rings. The molecule has 1 saturated heterocycles. The lowest BCUT2D eigenvalue weighted by atomic mass is 10.0. The van der Waals surface area contributed by atoms with Crippen molar-refractivity contribution in [3.63, 3.8) is 0 Å². The predicted molar refractivity (Wildman–Crippen MR) is 134 cm³/mol. The minimum Gasteiger partial charge on any atom is -0.345 e. The Hall–Kier alpha value is -2.27. The van der Waals surface area contributed by atoms with Gasteiger partial charge < -0.3 is 10.2 Å². The van der Waals surface area contributed by atoms with E-state index in [4.69, 9.17) is 0 Å². The van der Waals surface area contributed by atoms with Gasteiger partial charge in [-0.05, 0) is 62.9 Å². The Kier molecular flexibility index (Phi) is 7.14. The van der Waals surface area contributed by atoms with E-state index >= 15 is 0 Å². The zero-order chi connectivity index (χ0) is 24.6. The van der Waals surface area contributed by atoms with Gasteiger partial charge >= 0.3 is 0 Å². The Morgan fingerprint density at radius 2 is 1.71 bits per heavy atom. The number of nitrogens with zero attached hydrogens (tertiary/aromatic N) is 3. The summed E-state index contributed by atoms with van der Waals surface area (Å²) in [6.07, 6.45) is 2.50. The lowest BCUT2D eigenvalue weighted by Gasteiger charge is -2.30. The molecule has 3 heterocycles. The zero-order valence-corrected chi connectivity index (χ0v) is 21.8. The Balaban J connectivity index is 1.58. The minimum atomic E-state index is -3.53. The summed E-state index contributed by atoms with van der Waals surface area (Å²) in [5.74, 6) is -0.491. The zero-order valence-electron chi connectivity index (χ0n) is 20.1. The van der Waals surface area contributed by atoms with Crippen LogP contribution >= 0.6 is 11.3 Å². The number of carbonyl (C=O) groups excluding carboxylic acids is 2. The maximum Gasteiger partial charge on any atom is 0.256 e. The van der Waals surface area contributed by atoms with Gasteiger partial charge in [0.1, 0.15) is 5.00 Å². The van der Waals surface area contributed by atoms with Gasteiger partial charge in [-0.15, -0.1) is 11.3 Å². The number of rotatable bonds is 6. The molecule has 0 saturated carbocycles. The van der Waals surface area contributed by atoms with E-state index in [9.17, 15) is 18.0 Å². The van der Waals surface area contributed by atoms with Crippen LogP contribution in [0.15, 0.2) is 29.2 Å². The summed E-state index contributed by atoms with van der Waals surface area (Å²) >= 11 is 1.45. The van der Waals surface area contributed by atoms with Gasteiger partial charge in [0.25, 0.3) is 11.8 Å². The van der Waals surface area contributed by atoms with Crippen LogP contribution in [-0.2, 0) is 23.0 Å². The fourth-order valence-corrected chi connectivity index (χ4v) is 7.21. The number of hydrogen-bond acceptors (Lipinski definition) is 6. The number of sulfonamides is 1. The summed E-state index contributed by atoms with van der Waals surface area (Å²) in [4.78, 5) is 31.3. The van der Waals surface area contributed by atoms with Crippen LogP contribution in [0.2, 0.25) is 0 Å². The Morgan fingerprint density at radius 3 is 2.29 bits per heavy atom. The standard InChI is InChI=1S/C24H32N4O4S2/c1-16(2)27-14-11-19-20(15-27)33-23(21(19)24(30)26(3)4)25-22(29)17-7-9-18(10-8-17)34(31,32)28-12-5-6-13-28/h7-10,16H,5-6,11-15H2,1-4H3,(H,25,29). The van der Waals surface area contributed by atoms with E-state index < -0.39 is 10.0 Å². The average molecular weight is 505 g/mol. The van der Waals surface area contributed by atoms with Crippen molar-refractivity contribution in [2.45, 2.75) is 50.6 Å². The fraction of sp³-hybridized carbons (Fsp3) is 0.500. The van der Waals surface area contributed by atoms with Crippen molar-refractivity contribution in [3.05, 3.63) is 45.8 Å². The van der Waals surface area contributed by atoms with E-state index in [1.807, 2.05) is 0 Å². The summed E-state index contributed by atoms with van der Waals surface area (Å²) in [5.41, 5.74) is 1.93. The molecule has 2 aromatic rings. The predicted octanol–water partition coefficient (Wildman–Crippen LogP) is 3.25. The van der Waals surface area contributed by atoms with Crippen LogP contribution in [0, 0.1) is 0 Å². The first-order valence-corrected chi connectivity index (χ1v) is 13.9. The molecule has 1 N–H and O–H groups in total. The van der Waals surface area contributed by atoms with Crippen molar-refractivity contribution >= 4 is 38.2 Å². The number of carbonyl (C=O) groups is 2. The van der Waals surface area contributed by atoms with Gasteiger partial charge in [0, 0.05) is 56.8 Å². The molecular formula is C24H32N4O4S2. The van der Waals surface area contributed by atoms with E-state index in [0.717, 1.165) is 42.8 Å². The topological polar surface area (TPSA) is 90.0 Å². The first-order valence-electron chi connectivity index (χ1n) is 11.6. The van der Waals surface area contributed by atoms with Crippen LogP contribution in [0.3, 0.4) is 0 Å². The summed E-state index contributed by atoms with van der Waals surface area (Å²) in [6, 6.07) is 6.42. The molecule has 1 fully saturated rings. The molecule has 0 unspecified atom stereocenters. The lowest BCUT2D eigenvalue weighted by molar-refractivity contribution is 0.0827. The van der Waals surface area contributed by atoms with Crippen molar-refractivity contribution < 1.29 is 18.0 Å². The van der Waals surface area contributed by atoms with Gasteiger partial charge in [0.05, 0.1) is 10.5 Å². The van der Waals surface area contributed by atoms with Crippen molar-refractivity contribution in [1.82, 2.24) is 14.1 Å². The van der Waals surface area contributed by atoms with Crippen LogP contribution < -0.4 is 5.32 Å². The van der Waals surface area contributed by atoms with Crippen LogP contribution in [0.5, 0.6) is 0 Å². The highest BCUT2D eigenvalue weighted by Gasteiger charge is 2.31. The summed E-state index contributed by atoms with van der Waals surface area (Å²) < 4.78 is 27.0. The Bertz CT molecular complexity index is 1180. The normalized spacial score (nSPS) is 17.1. The summed E-state index contributed by atoms with van der Waals surface area (Å²) in [5, 5.41) is 3.48. The number of amides is 2. The molecule has 0 radical (unpaired) electrons. The van der Waals surface area contributed by atoms with E-state index in [-0.39, 0.29) is 16.7 Å². The molecule has 1 aromatic carbocycles. The maximum absolute atomic E-state index is 13.1. The minimum absolute atomic E-state index is 0.127. The maximum atomic E-state index is 13.1. The monoisotopic (exact) mass is 504 g/mol. The van der Waals surface area contributed by atoms with Crippen molar-refractivity contribution in [1.29, 1.82) is 0 Å². The molecule has 2 amide bonds. The van der Waals surface area contributed by atoms with E-state index in [1.165, 1.54) is 44.8 Å². The number of nitrogens with one attached hydrogen (secondary N) is 1. The van der Waals surface area contributed by atoms with Crippen LogP contribution in [0.1, 0.15) is 57.8 Å². The van der Waals surface area contributed by atoms with E-state index in [2.05, 4.69) is 24.1 Å². The highest BCUT2D eigenvalue weighted by molar-refractivity contribution is 7.89. The van der Waals surface area contributed by atoms with E-state index in [1.54, 1.807) is 14.1 Å². The molecule has 8 nitrogen and oxygen atoms in total. The third-order valence-electron chi connectivity index (χ3n) is 6.48. The average Bonchev–Trinajstić information content (AvgIpc) is 3.46. The molecule has 1 aromatic heterocycles. The third-order valence-corrected chi connectivity index (χ3v) is 9.53. The number of benzene rings is 1. The smallest absolute Gasteiger partial charge is 0.256 e. The van der Waals surface area contributed by atoms with Crippen molar-refractivity contribution in [3.8, 4) is 0 Å². The molecule has 4 rings (SSSR count). The van der Waals surface area contributed by atoms with Crippen LogP contribution in [-0.4, -0.2) is 74.1 Å². The fourth-order valence-electron chi connectivity index (χ4n) is 4.43. The third kappa shape index (κ3) is 4.77. The van der Waals surface area contributed by atoms with Gasteiger partial charge in [-0.25, -0.2) is 8.42 Å². The first-order chi connectivity index (χ1) is 16.1. The summed E-state index contributed by atoms with van der Waals surface area (Å²) in [6.45, 7) is 7.00. The quantitative estimate of drug-likeness (QED) is 0.652. The molecule has 2 aliphatic heterocycles.